The molecule has 0 aromatic carbocycles. The van der Waals surface area contributed by atoms with Crippen molar-refractivity contribution in [1.82, 2.24) is 0 Å². The summed E-state index contributed by atoms with van der Waals surface area (Å²) in [6, 6.07) is 0. The predicted molar refractivity (Wildman–Crippen MR) is 61.3 cm³/mol. The molecule has 5 heteroatoms. The van der Waals surface area contributed by atoms with Gasteiger partial charge in [0.1, 0.15) is 12.2 Å². The molecule has 0 saturated carbocycles. The van der Waals surface area contributed by atoms with Gasteiger partial charge >= 0.3 is 5.97 Å². The number of hydrogen-bond donors (Lipinski definition) is 1. The van der Waals surface area contributed by atoms with E-state index in [1.165, 1.54) is 6.08 Å². The van der Waals surface area contributed by atoms with Crippen molar-refractivity contribution in [2.75, 3.05) is 6.61 Å². The first-order valence-electron chi connectivity index (χ1n) is 5.74. The number of hydrogen-bond acceptors (Lipinski definition) is 5. The Balaban J connectivity index is 2.65. The molecule has 98 valence electrons. The van der Waals surface area contributed by atoms with Crippen LogP contribution in [-0.2, 0) is 19.0 Å². The van der Waals surface area contributed by atoms with Crippen molar-refractivity contribution < 1.29 is 24.1 Å². The van der Waals surface area contributed by atoms with Crippen molar-refractivity contribution in [2.24, 2.45) is 0 Å². The van der Waals surface area contributed by atoms with Crippen LogP contribution in [0.2, 0.25) is 0 Å². The Morgan fingerprint density at radius 3 is 2.71 bits per heavy atom. The van der Waals surface area contributed by atoms with E-state index in [1.54, 1.807) is 33.8 Å². The molecule has 0 amide bonds. The lowest BCUT2D eigenvalue weighted by atomic mass is 10.1. The number of aliphatic hydroxyl groups excluding tert-OH is 1. The molecule has 0 aromatic heterocycles. The number of carbonyl (C=O) groups is 1. The van der Waals surface area contributed by atoms with Crippen molar-refractivity contribution in [3.63, 3.8) is 0 Å². The van der Waals surface area contributed by atoms with E-state index in [9.17, 15) is 9.90 Å². The van der Waals surface area contributed by atoms with Crippen molar-refractivity contribution in [2.45, 2.75) is 51.8 Å². The molecule has 17 heavy (non-hydrogen) atoms. The molecule has 0 unspecified atom stereocenters. The Bertz CT molecular complexity index is 295. The number of rotatable bonds is 4. The summed E-state index contributed by atoms with van der Waals surface area (Å²) in [4.78, 5) is 11.2. The summed E-state index contributed by atoms with van der Waals surface area (Å²) in [5.41, 5.74) is 0. The summed E-state index contributed by atoms with van der Waals surface area (Å²) in [5.74, 6) is -1.18. The molecule has 0 spiro atoms. The summed E-state index contributed by atoms with van der Waals surface area (Å²) >= 11 is 0. The number of carbonyl (C=O) groups excluding carboxylic acids is 1. The number of aliphatic hydroxyl groups is 1. The van der Waals surface area contributed by atoms with Crippen LogP contribution in [-0.4, -0.2) is 41.8 Å². The molecule has 0 aliphatic carbocycles. The van der Waals surface area contributed by atoms with E-state index in [-0.39, 0.29) is 0 Å². The molecule has 0 bridgehead atoms. The average molecular weight is 244 g/mol. The van der Waals surface area contributed by atoms with E-state index >= 15 is 0 Å². The van der Waals surface area contributed by atoms with E-state index in [4.69, 9.17) is 14.2 Å². The molecular formula is C12H20O5. The zero-order valence-corrected chi connectivity index (χ0v) is 10.7. The maximum Gasteiger partial charge on any atom is 0.330 e. The highest BCUT2D eigenvalue weighted by atomic mass is 16.8. The molecular weight excluding hydrogens is 224 g/mol. The van der Waals surface area contributed by atoms with Gasteiger partial charge in [0, 0.05) is 6.08 Å². The smallest absolute Gasteiger partial charge is 0.330 e. The fraction of sp³-hybridized carbons (Fsp3) is 0.750. The first-order chi connectivity index (χ1) is 7.85. The maximum absolute atomic E-state index is 11.2. The van der Waals surface area contributed by atoms with Crippen molar-refractivity contribution >= 4 is 5.97 Å². The van der Waals surface area contributed by atoms with Gasteiger partial charge in [0.05, 0.1) is 12.7 Å². The van der Waals surface area contributed by atoms with E-state index in [0.29, 0.717) is 6.61 Å². The molecule has 5 nitrogen and oxygen atoms in total. The van der Waals surface area contributed by atoms with Crippen molar-refractivity contribution in [1.29, 1.82) is 0 Å². The lowest BCUT2D eigenvalue weighted by molar-refractivity contribution is -0.152. The van der Waals surface area contributed by atoms with Gasteiger partial charge < -0.3 is 19.3 Å². The van der Waals surface area contributed by atoms with Crippen molar-refractivity contribution in [3.8, 4) is 0 Å². The fourth-order valence-electron chi connectivity index (χ4n) is 1.70. The summed E-state index contributed by atoms with van der Waals surface area (Å²) in [6.07, 6.45) is 1.26. The highest BCUT2D eigenvalue weighted by Gasteiger charge is 2.42. The highest BCUT2D eigenvalue weighted by molar-refractivity contribution is 5.81. The summed E-state index contributed by atoms with van der Waals surface area (Å²) in [5, 5.41) is 9.57. The Hall–Kier alpha value is -0.910. The van der Waals surface area contributed by atoms with Crippen LogP contribution in [0.3, 0.4) is 0 Å². The Morgan fingerprint density at radius 1 is 1.53 bits per heavy atom. The third kappa shape index (κ3) is 4.11. The molecule has 1 N–H and O–H groups in total. The maximum atomic E-state index is 11.2. The van der Waals surface area contributed by atoms with Crippen LogP contribution in [0, 0.1) is 0 Å². The second-order valence-electron chi connectivity index (χ2n) is 4.42. The SMILES string of the molecule is CCOC(=O)/C=C\[C@H]1OC(C)(C)O[C@H]1[C@H](C)O. The van der Waals surface area contributed by atoms with Gasteiger partial charge in [-0.05, 0) is 33.8 Å². The number of ether oxygens (including phenoxy) is 3. The zero-order valence-electron chi connectivity index (χ0n) is 10.7. The van der Waals surface area contributed by atoms with Gasteiger partial charge in [-0.25, -0.2) is 4.79 Å². The van der Waals surface area contributed by atoms with Gasteiger partial charge in [-0.3, -0.25) is 0 Å². The van der Waals surface area contributed by atoms with E-state index < -0.39 is 30.1 Å². The van der Waals surface area contributed by atoms with Gasteiger partial charge in [-0.2, -0.15) is 0 Å². The first kappa shape index (κ1) is 14.2. The molecule has 1 saturated heterocycles. The lowest BCUT2D eigenvalue weighted by Crippen LogP contribution is -2.32. The molecule has 0 aromatic rings. The van der Waals surface area contributed by atoms with Crippen LogP contribution < -0.4 is 0 Å². The normalized spacial score (nSPS) is 29.5. The summed E-state index contributed by atoms with van der Waals surface area (Å²) < 4.78 is 15.9. The summed E-state index contributed by atoms with van der Waals surface area (Å²) in [6.45, 7) is 7.22. The van der Waals surface area contributed by atoms with E-state index in [0.717, 1.165) is 0 Å². The standard InChI is InChI=1S/C12H20O5/c1-5-15-10(14)7-6-9-11(8(2)13)17-12(3,4)16-9/h6-9,11,13H,5H2,1-4H3/b7-6-/t8-,9+,11-/m0/s1. The molecule has 1 fully saturated rings. The van der Waals surface area contributed by atoms with Crippen LogP contribution in [0.15, 0.2) is 12.2 Å². The van der Waals surface area contributed by atoms with Crippen LogP contribution >= 0.6 is 0 Å². The largest absolute Gasteiger partial charge is 0.463 e. The highest BCUT2D eigenvalue weighted by Crippen LogP contribution is 2.30. The van der Waals surface area contributed by atoms with Crippen molar-refractivity contribution in [3.05, 3.63) is 12.2 Å². The molecule has 3 atom stereocenters. The average Bonchev–Trinajstić information content (AvgIpc) is 2.51. The minimum absolute atomic E-state index is 0.330. The predicted octanol–water partition coefficient (Wildman–Crippen LogP) is 1.01. The van der Waals surface area contributed by atoms with Crippen LogP contribution in [0.25, 0.3) is 0 Å². The minimum Gasteiger partial charge on any atom is -0.463 e. The lowest BCUT2D eigenvalue weighted by Gasteiger charge is -2.18. The van der Waals surface area contributed by atoms with Crippen LogP contribution in [0.4, 0.5) is 0 Å². The van der Waals surface area contributed by atoms with Gasteiger partial charge in [-0.15, -0.1) is 0 Å². The Labute approximate surface area is 101 Å². The van der Waals surface area contributed by atoms with Crippen LogP contribution in [0.1, 0.15) is 27.7 Å². The molecule has 1 rings (SSSR count). The van der Waals surface area contributed by atoms with Gasteiger partial charge in [0.15, 0.2) is 5.79 Å². The molecule has 1 heterocycles. The monoisotopic (exact) mass is 244 g/mol. The molecule has 0 radical (unpaired) electrons. The van der Waals surface area contributed by atoms with Gasteiger partial charge in [0.2, 0.25) is 0 Å². The van der Waals surface area contributed by atoms with E-state index in [1.807, 2.05) is 0 Å². The quantitative estimate of drug-likeness (QED) is 0.590. The summed E-state index contributed by atoms with van der Waals surface area (Å²) in [7, 11) is 0. The Morgan fingerprint density at radius 2 is 2.18 bits per heavy atom. The molecule has 1 aliphatic rings. The number of esters is 1. The second kappa shape index (κ2) is 5.62. The van der Waals surface area contributed by atoms with Crippen LogP contribution in [0.5, 0.6) is 0 Å². The third-order valence-corrected chi connectivity index (χ3v) is 2.35. The van der Waals surface area contributed by atoms with Gasteiger partial charge in [0.25, 0.3) is 0 Å². The Kier molecular flexibility index (Phi) is 4.68. The molecule has 1 aliphatic heterocycles. The second-order valence-corrected chi connectivity index (χ2v) is 4.42. The first-order valence-corrected chi connectivity index (χ1v) is 5.74. The van der Waals surface area contributed by atoms with E-state index in [2.05, 4.69) is 0 Å². The third-order valence-electron chi connectivity index (χ3n) is 2.35. The minimum atomic E-state index is -0.759. The topological polar surface area (TPSA) is 65.0 Å². The fourth-order valence-corrected chi connectivity index (χ4v) is 1.70. The van der Waals surface area contributed by atoms with Gasteiger partial charge in [-0.1, -0.05) is 0 Å². The zero-order chi connectivity index (χ0) is 13.1.